The van der Waals surface area contributed by atoms with Gasteiger partial charge in [0.15, 0.2) is 6.29 Å². The Morgan fingerprint density at radius 3 is 2.58 bits per heavy atom. The zero-order valence-electron chi connectivity index (χ0n) is 13.9. The average Bonchev–Trinajstić information content (AvgIpc) is 2.63. The standard InChI is InChI=1S/C16H22N2O8/c17-14(22)10(7-24-15-13(21)12(20)11(19)8-25-15)18-16(23)26-6-9-4-2-1-3-5-9/h1-5,10-13,15,19-21H,6-8H2,(H2,17,22)(H,18,23)/t10-,11+,12-,13+,15+/m0/s1. The molecule has 2 rings (SSSR count). The number of benzene rings is 1. The van der Waals surface area contributed by atoms with Crippen LogP contribution in [0.4, 0.5) is 4.79 Å². The summed E-state index contributed by atoms with van der Waals surface area (Å²) in [5.41, 5.74) is 5.97. The van der Waals surface area contributed by atoms with Gasteiger partial charge in [0.1, 0.15) is 31.0 Å². The monoisotopic (exact) mass is 370 g/mol. The molecule has 0 aliphatic carbocycles. The zero-order chi connectivity index (χ0) is 19.1. The number of nitrogens with one attached hydrogen (secondary N) is 1. The lowest BCUT2D eigenvalue weighted by molar-refractivity contribution is -0.270. The fraction of sp³-hybridized carbons (Fsp3) is 0.500. The highest BCUT2D eigenvalue weighted by atomic mass is 16.7. The summed E-state index contributed by atoms with van der Waals surface area (Å²) >= 11 is 0. The first kappa shape index (κ1) is 20.1. The Kier molecular flexibility index (Phi) is 7.30. The molecule has 26 heavy (non-hydrogen) atoms. The summed E-state index contributed by atoms with van der Waals surface area (Å²) in [5.74, 6) is -0.882. The van der Waals surface area contributed by atoms with Crippen molar-refractivity contribution in [3.8, 4) is 0 Å². The van der Waals surface area contributed by atoms with Crippen molar-refractivity contribution in [2.45, 2.75) is 37.3 Å². The lowest BCUT2D eigenvalue weighted by atomic mass is 10.1. The molecule has 0 unspecified atom stereocenters. The number of primary amides is 1. The second-order valence-corrected chi connectivity index (χ2v) is 5.74. The van der Waals surface area contributed by atoms with E-state index >= 15 is 0 Å². The third-order valence-electron chi connectivity index (χ3n) is 3.73. The summed E-state index contributed by atoms with van der Waals surface area (Å²) in [6.45, 7) is -0.662. The highest BCUT2D eigenvalue weighted by Crippen LogP contribution is 2.16. The Morgan fingerprint density at radius 2 is 1.92 bits per heavy atom. The van der Waals surface area contributed by atoms with Gasteiger partial charge in [0, 0.05) is 0 Å². The van der Waals surface area contributed by atoms with E-state index in [1.165, 1.54) is 0 Å². The van der Waals surface area contributed by atoms with Crippen LogP contribution in [0.25, 0.3) is 0 Å². The van der Waals surface area contributed by atoms with Crippen LogP contribution in [0.2, 0.25) is 0 Å². The molecule has 0 spiro atoms. The predicted octanol–water partition coefficient (Wildman–Crippen LogP) is -1.78. The molecule has 0 bridgehead atoms. The van der Waals surface area contributed by atoms with Crippen LogP contribution in [-0.4, -0.2) is 71.2 Å². The van der Waals surface area contributed by atoms with Gasteiger partial charge in [-0.1, -0.05) is 30.3 Å². The number of aliphatic hydroxyl groups is 3. The maximum atomic E-state index is 11.8. The lowest BCUT2D eigenvalue weighted by Gasteiger charge is -2.35. The summed E-state index contributed by atoms with van der Waals surface area (Å²) in [4.78, 5) is 23.3. The Balaban J connectivity index is 1.81. The molecule has 5 atom stereocenters. The first-order chi connectivity index (χ1) is 12.4. The van der Waals surface area contributed by atoms with Gasteiger partial charge in [-0.2, -0.15) is 0 Å². The molecule has 10 heteroatoms. The summed E-state index contributed by atoms with van der Waals surface area (Å²) in [6.07, 6.45) is -6.37. The molecule has 1 heterocycles. The van der Waals surface area contributed by atoms with E-state index in [1.807, 2.05) is 6.07 Å². The van der Waals surface area contributed by atoms with Gasteiger partial charge in [-0.25, -0.2) is 4.79 Å². The molecule has 1 fully saturated rings. The molecule has 1 aromatic carbocycles. The summed E-state index contributed by atoms with van der Waals surface area (Å²) in [5, 5.41) is 31.0. The van der Waals surface area contributed by atoms with Crippen molar-refractivity contribution in [3.05, 3.63) is 35.9 Å². The van der Waals surface area contributed by atoms with Gasteiger partial charge in [0.25, 0.3) is 0 Å². The van der Waals surface area contributed by atoms with Gasteiger partial charge >= 0.3 is 6.09 Å². The van der Waals surface area contributed by atoms with Gasteiger partial charge in [0.2, 0.25) is 5.91 Å². The number of carbonyl (C=O) groups is 2. The third kappa shape index (κ3) is 5.64. The number of nitrogens with two attached hydrogens (primary N) is 1. The molecule has 1 saturated heterocycles. The van der Waals surface area contributed by atoms with E-state index in [0.717, 1.165) is 5.56 Å². The van der Waals surface area contributed by atoms with Gasteiger partial charge in [-0.15, -0.1) is 0 Å². The van der Waals surface area contributed by atoms with Crippen molar-refractivity contribution < 1.29 is 39.1 Å². The fourth-order valence-corrected chi connectivity index (χ4v) is 2.22. The largest absolute Gasteiger partial charge is 0.445 e. The lowest BCUT2D eigenvalue weighted by Crippen LogP contribution is -2.55. The molecular formula is C16H22N2O8. The molecule has 1 aliphatic rings. The summed E-state index contributed by atoms with van der Waals surface area (Å²) < 4.78 is 15.2. The molecular weight excluding hydrogens is 348 g/mol. The Morgan fingerprint density at radius 1 is 1.23 bits per heavy atom. The van der Waals surface area contributed by atoms with E-state index < -0.39 is 49.3 Å². The second kappa shape index (κ2) is 9.46. The summed E-state index contributed by atoms with van der Waals surface area (Å²) in [7, 11) is 0. The van der Waals surface area contributed by atoms with E-state index in [2.05, 4.69) is 5.32 Å². The Bertz CT molecular complexity index is 599. The highest BCUT2D eigenvalue weighted by Gasteiger charge is 2.38. The van der Waals surface area contributed by atoms with Crippen LogP contribution in [0.1, 0.15) is 5.56 Å². The van der Waals surface area contributed by atoms with Crippen LogP contribution in [0.15, 0.2) is 30.3 Å². The van der Waals surface area contributed by atoms with Crippen molar-refractivity contribution >= 4 is 12.0 Å². The van der Waals surface area contributed by atoms with Crippen LogP contribution in [0.3, 0.4) is 0 Å². The molecule has 2 amide bonds. The zero-order valence-corrected chi connectivity index (χ0v) is 13.9. The molecule has 10 nitrogen and oxygen atoms in total. The predicted molar refractivity (Wildman–Crippen MR) is 86.5 cm³/mol. The van der Waals surface area contributed by atoms with Crippen molar-refractivity contribution in [1.29, 1.82) is 0 Å². The number of alkyl carbamates (subject to hydrolysis) is 1. The smallest absolute Gasteiger partial charge is 0.408 e. The number of amides is 2. The average molecular weight is 370 g/mol. The number of hydrogen-bond acceptors (Lipinski definition) is 8. The Hall–Kier alpha value is -2.24. The van der Waals surface area contributed by atoms with E-state index in [-0.39, 0.29) is 13.2 Å². The van der Waals surface area contributed by atoms with Crippen LogP contribution in [0, 0.1) is 0 Å². The van der Waals surface area contributed by atoms with Crippen LogP contribution < -0.4 is 11.1 Å². The number of carbonyl (C=O) groups excluding carboxylic acids is 2. The number of aliphatic hydroxyl groups excluding tert-OH is 3. The second-order valence-electron chi connectivity index (χ2n) is 5.74. The minimum atomic E-state index is -1.52. The molecule has 6 N–H and O–H groups in total. The SMILES string of the molecule is NC(=O)[C@H](CO[C@@H]1OC[C@@H](O)[C@H](O)[C@H]1O)NC(=O)OCc1ccccc1. The molecule has 0 aromatic heterocycles. The molecule has 1 aliphatic heterocycles. The minimum Gasteiger partial charge on any atom is -0.445 e. The van der Waals surface area contributed by atoms with E-state index in [4.69, 9.17) is 19.9 Å². The van der Waals surface area contributed by atoms with Gasteiger partial charge in [0.05, 0.1) is 13.2 Å². The van der Waals surface area contributed by atoms with Gasteiger partial charge in [-0.3, -0.25) is 4.79 Å². The molecule has 0 saturated carbocycles. The van der Waals surface area contributed by atoms with Gasteiger partial charge < -0.3 is 40.6 Å². The maximum Gasteiger partial charge on any atom is 0.408 e. The maximum absolute atomic E-state index is 11.8. The quantitative estimate of drug-likeness (QED) is 0.376. The number of ether oxygens (including phenoxy) is 3. The van der Waals surface area contributed by atoms with E-state index in [9.17, 15) is 24.9 Å². The third-order valence-corrected chi connectivity index (χ3v) is 3.73. The number of hydrogen-bond donors (Lipinski definition) is 5. The van der Waals surface area contributed by atoms with Crippen molar-refractivity contribution in [2.24, 2.45) is 5.73 Å². The van der Waals surface area contributed by atoms with Crippen molar-refractivity contribution in [1.82, 2.24) is 5.32 Å². The first-order valence-electron chi connectivity index (χ1n) is 7.92. The fourth-order valence-electron chi connectivity index (χ4n) is 2.22. The first-order valence-corrected chi connectivity index (χ1v) is 7.92. The van der Waals surface area contributed by atoms with Crippen molar-refractivity contribution in [3.63, 3.8) is 0 Å². The van der Waals surface area contributed by atoms with E-state index in [0.29, 0.717) is 0 Å². The minimum absolute atomic E-state index is 0.00748. The van der Waals surface area contributed by atoms with Crippen LogP contribution in [0.5, 0.6) is 0 Å². The van der Waals surface area contributed by atoms with E-state index in [1.54, 1.807) is 24.3 Å². The molecule has 0 radical (unpaired) electrons. The van der Waals surface area contributed by atoms with Crippen LogP contribution >= 0.6 is 0 Å². The number of rotatable bonds is 7. The Labute approximate surface area is 149 Å². The summed E-state index contributed by atoms with van der Waals surface area (Å²) in [6, 6.07) is 7.70. The normalized spacial score (nSPS) is 26.7. The molecule has 1 aromatic rings. The molecule has 144 valence electrons. The van der Waals surface area contributed by atoms with Gasteiger partial charge in [-0.05, 0) is 5.56 Å². The van der Waals surface area contributed by atoms with Crippen molar-refractivity contribution in [2.75, 3.05) is 13.2 Å². The highest BCUT2D eigenvalue weighted by molar-refractivity contribution is 5.84. The van der Waals surface area contributed by atoms with Crippen LogP contribution in [-0.2, 0) is 25.6 Å². The topological polar surface area (TPSA) is 161 Å².